The van der Waals surface area contributed by atoms with Gasteiger partial charge in [-0.3, -0.25) is 4.79 Å². The lowest BCUT2D eigenvalue weighted by Gasteiger charge is -2.19. The molecule has 1 atom stereocenters. The van der Waals surface area contributed by atoms with Gasteiger partial charge in [0.1, 0.15) is 0 Å². The molecule has 1 saturated carbocycles. The molecule has 5 nitrogen and oxygen atoms in total. The van der Waals surface area contributed by atoms with Crippen LogP contribution in [0, 0.1) is 0 Å². The standard InChI is InChI=1S/C18H25FN2O3/c1-23-16-10-13(6-7-15(16)24-14-4-2-3-5-14)11-21-17(22)18(19)8-9-20-12-18/h6-7,10,14,20H,2-5,8-9,11-12H2,1H3,(H,21,22). The molecule has 1 amide bonds. The molecule has 1 aliphatic carbocycles. The van der Waals surface area contributed by atoms with Crippen LogP contribution in [0.15, 0.2) is 18.2 Å². The van der Waals surface area contributed by atoms with Gasteiger partial charge in [0.15, 0.2) is 11.5 Å². The number of nitrogens with one attached hydrogen (secondary N) is 2. The summed E-state index contributed by atoms with van der Waals surface area (Å²) in [4.78, 5) is 12.0. The molecule has 6 heteroatoms. The summed E-state index contributed by atoms with van der Waals surface area (Å²) in [6.45, 7) is 0.881. The van der Waals surface area contributed by atoms with E-state index in [9.17, 15) is 9.18 Å². The summed E-state index contributed by atoms with van der Waals surface area (Å²) < 4.78 is 25.7. The van der Waals surface area contributed by atoms with E-state index in [2.05, 4.69) is 10.6 Å². The Morgan fingerprint density at radius 2 is 2.17 bits per heavy atom. The second kappa shape index (κ2) is 7.38. The van der Waals surface area contributed by atoms with E-state index in [1.165, 1.54) is 12.8 Å². The Morgan fingerprint density at radius 3 is 2.83 bits per heavy atom. The monoisotopic (exact) mass is 336 g/mol. The van der Waals surface area contributed by atoms with Gasteiger partial charge in [-0.25, -0.2) is 4.39 Å². The van der Waals surface area contributed by atoms with Gasteiger partial charge in [0.2, 0.25) is 5.67 Å². The van der Waals surface area contributed by atoms with Crippen LogP contribution in [0.2, 0.25) is 0 Å². The molecule has 2 fully saturated rings. The normalized spacial score (nSPS) is 24.1. The smallest absolute Gasteiger partial charge is 0.259 e. The zero-order chi connectivity index (χ0) is 17.0. The van der Waals surface area contributed by atoms with Gasteiger partial charge in [-0.2, -0.15) is 0 Å². The second-order valence-corrected chi connectivity index (χ2v) is 6.58. The molecule has 1 heterocycles. The van der Waals surface area contributed by atoms with Crippen LogP contribution in [0.4, 0.5) is 4.39 Å². The molecular weight excluding hydrogens is 311 g/mol. The minimum absolute atomic E-state index is 0.0797. The molecule has 0 aromatic heterocycles. The van der Waals surface area contributed by atoms with Crippen molar-refractivity contribution in [2.24, 2.45) is 0 Å². The number of hydrogen-bond acceptors (Lipinski definition) is 4. The Labute approximate surface area is 141 Å². The first kappa shape index (κ1) is 17.0. The number of rotatable bonds is 6. The van der Waals surface area contributed by atoms with Gasteiger partial charge in [0.25, 0.3) is 5.91 Å². The molecule has 1 saturated heterocycles. The van der Waals surface area contributed by atoms with Crippen molar-refractivity contribution in [3.63, 3.8) is 0 Å². The third-order valence-electron chi connectivity index (χ3n) is 4.79. The number of amides is 1. The maximum Gasteiger partial charge on any atom is 0.259 e. The number of benzene rings is 1. The Kier molecular flexibility index (Phi) is 5.23. The van der Waals surface area contributed by atoms with E-state index in [1.54, 1.807) is 7.11 Å². The van der Waals surface area contributed by atoms with Crippen molar-refractivity contribution in [3.05, 3.63) is 23.8 Å². The lowest BCUT2D eigenvalue weighted by molar-refractivity contribution is -0.131. The number of halogens is 1. The fourth-order valence-electron chi connectivity index (χ4n) is 3.30. The summed E-state index contributed by atoms with van der Waals surface area (Å²) in [7, 11) is 1.60. The van der Waals surface area contributed by atoms with Gasteiger partial charge in [0.05, 0.1) is 13.2 Å². The molecule has 132 valence electrons. The molecule has 1 unspecified atom stereocenters. The molecule has 1 aromatic carbocycles. The van der Waals surface area contributed by atoms with Crippen molar-refractivity contribution in [2.75, 3.05) is 20.2 Å². The van der Waals surface area contributed by atoms with E-state index in [0.717, 1.165) is 24.2 Å². The van der Waals surface area contributed by atoms with E-state index < -0.39 is 11.6 Å². The molecule has 2 N–H and O–H groups in total. The maximum absolute atomic E-state index is 14.3. The van der Waals surface area contributed by atoms with Crippen molar-refractivity contribution in [2.45, 2.75) is 50.4 Å². The average molecular weight is 336 g/mol. The highest BCUT2D eigenvalue weighted by molar-refractivity contribution is 5.85. The first-order chi connectivity index (χ1) is 11.6. The molecule has 0 bridgehead atoms. The lowest BCUT2D eigenvalue weighted by atomic mass is 10.0. The zero-order valence-corrected chi connectivity index (χ0v) is 14.1. The van der Waals surface area contributed by atoms with Gasteiger partial charge < -0.3 is 20.1 Å². The molecule has 1 aromatic rings. The van der Waals surface area contributed by atoms with Crippen LogP contribution < -0.4 is 20.1 Å². The first-order valence-corrected chi connectivity index (χ1v) is 8.62. The molecule has 24 heavy (non-hydrogen) atoms. The summed E-state index contributed by atoms with van der Waals surface area (Å²) in [5.41, 5.74) is -0.941. The predicted molar refractivity (Wildman–Crippen MR) is 89.1 cm³/mol. The van der Waals surface area contributed by atoms with E-state index in [-0.39, 0.29) is 25.6 Å². The highest BCUT2D eigenvalue weighted by Crippen LogP contribution is 2.32. The minimum atomic E-state index is -1.80. The SMILES string of the molecule is COc1cc(CNC(=O)C2(F)CCNC2)ccc1OC1CCCC1. The van der Waals surface area contributed by atoms with Crippen molar-refractivity contribution in [1.82, 2.24) is 10.6 Å². The van der Waals surface area contributed by atoms with E-state index in [1.807, 2.05) is 18.2 Å². The molecule has 0 radical (unpaired) electrons. The number of ether oxygens (including phenoxy) is 2. The van der Waals surface area contributed by atoms with Crippen LogP contribution in [0.25, 0.3) is 0 Å². The van der Waals surface area contributed by atoms with Gasteiger partial charge in [-0.1, -0.05) is 6.07 Å². The highest BCUT2D eigenvalue weighted by atomic mass is 19.1. The fourth-order valence-corrected chi connectivity index (χ4v) is 3.30. The fraction of sp³-hybridized carbons (Fsp3) is 0.611. The predicted octanol–water partition coefficient (Wildman–Crippen LogP) is 2.33. The molecule has 0 spiro atoms. The van der Waals surface area contributed by atoms with Gasteiger partial charge in [-0.15, -0.1) is 0 Å². The first-order valence-electron chi connectivity index (χ1n) is 8.62. The molecule has 1 aliphatic heterocycles. The molecule has 3 rings (SSSR count). The number of alkyl halides is 1. The summed E-state index contributed by atoms with van der Waals surface area (Å²) in [5.74, 6) is 0.810. The number of hydrogen-bond donors (Lipinski definition) is 2. The van der Waals surface area contributed by atoms with Crippen molar-refractivity contribution in [3.8, 4) is 11.5 Å². The quantitative estimate of drug-likeness (QED) is 0.837. The summed E-state index contributed by atoms with van der Waals surface area (Å²) in [6, 6.07) is 5.58. The van der Waals surface area contributed by atoms with E-state index in [0.29, 0.717) is 12.3 Å². The minimum Gasteiger partial charge on any atom is -0.493 e. The van der Waals surface area contributed by atoms with Crippen LogP contribution in [-0.4, -0.2) is 37.9 Å². The van der Waals surface area contributed by atoms with Crippen molar-refractivity contribution < 1.29 is 18.7 Å². The largest absolute Gasteiger partial charge is 0.493 e. The summed E-state index contributed by atoms with van der Waals surface area (Å²) >= 11 is 0. The zero-order valence-electron chi connectivity index (χ0n) is 14.1. The van der Waals surface area contributed by atoms with Crippen LogP contribution in [0.1, 0.15) is 37.7 Å². The average Bonchev–Trinajstić information content (AvgIpc) is 3.26. The van der Waals surface area contributed by atoms with Crippen molar-refractivity contribution >= 4 is 5.91 Å². The highest BCUT2D eigenvalue weighted by Gasteiger charge is 2.41. The van der Waals surface area contributed by atoms with Crippen molar-refractivity contribution in [1.29, 1.82) is 0 Å². The number of methoxy groups -OCH3 is 1. The lowest BCUT2D eigenvalue weighted by Crippen LogP contribution is -2.44. The topological polar surface area (TPSA) is 59.6 Å². The number of carbonyl (C=O) groups excluding carboxylic acids is 1. The van der Waals surface area contributed by atoms with Gasteiger partial charge in [0, 0.05) is 19.5 Å². The third-order valence-corrected chi connectivity index (χ3v) is 4.79. The molecule has 2 aliphatic rings. The third kappa shape index (κ3) is 3.80. The van der Waals surface area contributed by atoms with Crippen LogP contribution in [0.3, 0.4) is 0 Å². The van der Waals surface area contributed by atoms with Crippen LogP contribution >= 0.6 is 0 Å². The van der Waals surface area contributed by atoms with Gasteiger partial charge >= 0.3 is 0 Å². The maximum atomic E-state index is 14.3. The Bertz CT molecular complexity index is 582. The summed E-state index contributed by atoms with van der Waals surface area (Å²) in [5, 5.41) is 5.55. The summed E-state index contributed by atoms with van der Waals surface area (Å²) in [6.07, 6.45) is 5.04. The van der Waals surface area contributed by atoms with E-state index >= 15 is 0 Å². The Balaban J connectivity index is 1.60. The Morgan fingerprint density at radius 1 is 1.38 bits per heavy atom. The van der Waals surface area contributed by atoms with Crippen LogP contribution in [-0.2, 0) is 11.3 Å². The Hall–Kier alpha value is -1.82. The number of carbonyl (C=O) groups is 1. The van der Waals surface area contributed by atoms with Gasteiger partial charge in [-0.05, 0) is 49.9 Å². The van der Waals surface area contributed by atoms with E-state index in [4.69, 9.17) is 9.47 Å². The van der Waals surface area contributed by atoms with Crippen LogP contribution in [0.5, 0.6) is 11.5 Å². The second-order valence-electron chi connectivity index (χ2n) is 6.58. The molecular formula is C18H25FN2O3.